The standard InChI is InChI=1S/C8H15N3O/c1-8(12)11-7-3-6-10-5-2-4-9/h10H,2-3,5-7H2,1H3,(H,11,12). The summed E-state index contributed by atoms with van der Waals surface area (Å²) in [6.45, 7) is 3.79. The van der Waals surface area contributed by atoms with Gasteiger partial charge < -0.3 is 10.6 Å². The van der Waals surface area contributed by atoms with E-state index in [0.29, 0.717) is 13.0 Å². The number of nitrogens with one attached hydrogen (secondary N) is 2. The quantitative estimate of drug-likeness (QED) is 0.551. The molecule has 1 amide bonds. The van der Waals surface area contributed by atoms with E-state index in [1.54, 1.807) is 0 Å². The average Bonchev–Trinajstić information content (AvgIpc) is 2.02. The molecule has 0 aromatic rings. The lowest BCUT2D eigenvalue weighted by Crippen LogP contribution is -2.25. The number of hydrogen-bond acceptors (Lipinski definition) is 3. The van der Waals surface area contributed by atoms with Crippen molar-refractivity contribution in [1.29, 1.82) is 5.26 Å². The van der Waals surface area contributed by atoms with Crippen LogP contribution in [-0.4, -0.2) is 25.5 Å². The largest absolute Gasteiger partial charge is 0.356 e. The van der Waals surface area contributed by atoms with Crippen LogP contribution in [0.4, 0.5) is 0 Å². The maximum Gasteiger partial charge on any atom is 0.216 e. The zero-order chi connectivity index (χ0) is 9.23. The van der Waals surface area contributed by atoms with Crippen molar-refractivity contribution in [3.8, 4) is 6.07 Å². The fourth-order valence-electron chi connectivity index (χ4n) is 0.747. The Hall–Kier alpha value is -1.08. The van der Waals surface area contributed by atoms with Crippen LogP contribution in [0, 0.1) is 11.3 Å². The van der Waals surface area contributed by atoms with Crippen molar-refractivity contribution in [3.05, 3.63) is 0 Å². The highest BCUT2D eigenvalue weighted by Crippen LogP contribution is 1.75. The van der Waals surface area contributed by atoms with Crippen LogP contribution in [0.5, 0.6) is 0 Å². The Labute approximate surface area is 72.9 Å². The number of carbonyl (C=O) groups is 1. The zero-order valence-electron chi connectivity index (χ0n) is 7.39. The predicted octanol–water partition coefficient (Wildman–Crippen LogP) is 0.0159. The van der Waals surface area contributed by atoms with Crippen molar-refractivity contribution in [2.24, 2.45) is 0 Å². The van der Waals surface area contributed by atoms with E-state index in [9.17, 15) is 4.79 Å². The van der Waals surface area contributed by atoms with Gasteiger partial charge in [-0.25, -0.2) is 0 Å². The molecule has 0 atom stereocenters. The summed E-state index contributed by atoms with van der Waals surface area (Å²) in [5, 5.41) is 14.0. The first-order chi connectivity index (χ1) is 5.77. The van der Waals surface area contributed by atoms with Crippen LogP contribution in [0.15, 0.2) is 0 Å². The Bertz CT molecular complexity index is 162. The molecule has 0 saturated carbocycles. The minimum atomic E-state index is 0.00650. The molecular formula is C8H15N3O. The molecule has 0 fully saturated rings. The minimum absolute atomic E-state index is 0.00650. The Balaban J connectivity index is 2.92. The van der Waals surface area contributed by atoms with Gasteiger partial charge in [-0.05, 0) is 13.0 Å². The Morgan fingerprint density at radius 2 is 2.17 bits per heavy atom. The van der Waals surface area contributed by atoms with Crippen LogP contribution in [0.2, 0.25) is 0 Å². The highest BCUT2D eigenvalue weighted by Gasteiger charge is 1.90. The fourth-order valence-corrected chi connectivity index (χ4v) is 0.747. The maximum absolute atomic E-state index is 10.4. The number of hydrogen-bond donors (Lipinski definition) is 2. The van der Waals surface area contributed by atoms with Crippen LogP contribution in [-0.2, 0) is 4.79 Å². The van der Waals surface area contributed by atoms with E-state index >= 15 is 0 Å². The molecule has 0 aliphatic rings. The highest BCUT2D eigenvalue weighted by atomic mass is 16.1. The van der Waals surface area contributed by atoms with Gasteiger partial charge in [-0.1, -0.05) is 0 Å². The monoisotopic (exact) mass is 169 g/mol. The van der Waals surface area contributed by atoms with Crippen LogP contribution in [0.1, 0.15) is 19.8 Å². The summed E-state index contributed by atoms with van der Waals surface area (Å²) in [6, 6.07) is 2.04. The Morgan fingerprint density at radius 3 is 2.75 bits per heavy atom. The number of nitriles is 1. The van der Waals surface area contributed by atoms with E-state index in [2.05, 4.69) is 10.6 Å². The summed E-state index contributed by atoms with van der Waals surface area (Å²) in [5.41, 5.74) is 0. The normalized spacial score (nSPS) is 9.00. The zero-order valence-corrected chi connectivity index (χ0v) is 7.39. The van der Waals surface area contributed by atoms with Crippen molar-refractivity contribution < 1.29 is 4.79 Å². The summed E-state index contributed by atoms with van der Waals surface area (Å²) in [6.07, 6.45) is 1.45. The third-order valence-electron chi connectivity index (χ3n) is 1.32. The van der Waals surface area contributed by atoms with E-state index in [4.69, 9.17) is 5.26 Å². The Morgan fingerprint density at radius 1 is 1.42 bits per heavy atom. The van der Waals surface area contributed by atoms with Crippen LogP contribution >= 0.6 is 0 Å². The lowest BCUT2D eigenvalue weighted by Gasteiger charge is -2.02. The van der Waals surface area contributed by atoms with Crippen LogP contribution in [0.3, 0.4) is 0 Å². The van der Waals surface area contributed by atoms with Crippen LogP contribution in [0.25, 0.3) is 0 Å². The molecule has 0 unspecified atom stereocenters. The SMILES string of the molecule is CC(=O)NCCCNCCC#N. The second-order valence-electron chi connectivity index (χ2n) is 2.49. The topological polar surface area (TPSA) is 64.9 Å². The van der Waals surface area contributed by atoms with Crippen molar-refractivity contribution in [3.63, 3.8) is 0 Å². The number of amides is 1. The molecule has 0 bridgehead atoms. The van der Waals surface area contributed by atoms with Crippen molar-refractivity contribution in [1.82, 2.24) is 10.6 Å². The molecule has 0 spiro atoms. The summed E-state index contributed by atoms with van der Waals surface area (Å²) < 4.78 is 0. The molecule has 0 heterocycles. The summed E-state index contributed by atoms with van der Waals surface area (Å²) in [4.78, 5) is 10.4. The van der Waals surface area contributed by atoms with E-state index in [-0.39, 0.29) is 5.91 Å². The van der Waals surface area contributed by atoms with Gasteiger partial charge in [0.15, 0.2) is 0 Å². The minimum Gasteiger partial charge on any atom is -0.356 e. The highest BCUT2D eigenvalue weighted by molar-refractivity contribution is 5.72. The van der Waals surface area contributed by atoms with Gasteiger partial charge in [0.25, 0.3) is 0 Å². The molecule has 68 valence electrons. The van der Waals surface area contributed by atoms with Crippen molar-refractivity contribution in [2.75, 3.05) is 19.6 Å². The van der Waals surface area contributed by atoms with Gasteiger partial charge in [0, 0.05) is 26.4 Å². The summed E-state index contributed by atoms with van der Waals surface area (Å²) >= 11 is 0. The average molecular weight is 169 g/mol. The van der Waals surface area contributed by atoms with Gasteiger partial charge in [0.05, 0.1) is 6.07 Å². The van der Waals surface area contributed by atoms with Crippen molar-refractivity contribution >= 4 is 5.91 Å². The number of rotatable bonds is 6. The molecule has 0 aliphatic carbocycles. The van der Waals surface area contributed by atoms with Gasteiger partial charge in [0.1, 0.15) is 0 Å². The van der Waals surface area contributed by atoms with Gasteiger partial charge in [-0.15, -0.1) is 0 Å². The van der Waals surface area contributed by atoms with E-state index < -0.39 is 0 Å². The molecule has 4 heteroatoms. The first kappa shape index (κ1) is 10.9. The molecule has 0 aliphatic heterocycles. The molecule has 0 aromatic heterocycles. The first-order valence-corrected chi connectivity index (χ1v) is 4.09. The second kappa shape index (κ2) is 8.02. The second-order valence-corrected chi connectivity index (χ2v) is 2.49. The molecule has 4 nitrogen and oxygen atoms in total. The third-order valence-corrected chi connectivity index (χ3v) is 1.32. The number of nitrogens with zero attached hydrogens (tertiary/aromatic N) is 1. The molecule has 0 saturated heterocycles. The summed E-state index contributed by atoms with van der Waals surface area (Å²) in [5.74, 6) is 0.00650. The molecule has 2 N–H and O–H groups in total. The smallest absolute Gasteiger partial charge is 0.216 e. The fraction of sp³-hybridized carbons (Fsp3) is 0.750. The van der Waals surface area contributed by atoms with E-state index in [0.717, 1.165) is 19.5 Å². The van der Waals surface area contributed by atoms with E-state index in [1.165, 1.54) is 6.92 Å². The molecular weight excluding hydrogens is 154 g/mol. The predicted molar refractivity (Wildman–Crippen MR) is 46.4 cm³/mol. The Kier molecular flexibility index (Phi) is 7.30. The molecule has 0 radical (unpaired) electrons. The third kappa shape index (κ3) is 8.92. The summed E-state index contributed by atoms with van der Waals surface area (Å²) in [7, 11) is 0. The maximum atomic E-state index is 10.4. The molecule has 0 aromatic carbocycles. The first-order valence-electron chi connectivity index (χ1n) is 4.09. The van der Waals surface area contributed by atoms with Gasteiger partial charge in [0.2, 0.25) is 5.91 Å². The van der Waals surface area contributed by atoms with Gasteiger partial charge >= 0.3 is 0 Å². The van der Waals surface area contributed by atoms with Crippen molar-refractivity contribution in [2.45, 2.75) is 19.8 Å². The molecule has 12 heavy (non-hydrogen) atoms. The van der Waals surface area contributed by atoms with E-state index in [1.807, 2.05) is 6.07 Å². The lowest BCUT2D eigenvalue weighted by molar-refractivity contribution is -0.118. The van der Waals surface area contributed by atoms with Crippen LogP contribution < -0.4 is 10.6 Å². The lowest BCUT2D eigenvalue weighted by atomic mass is 10.4. The van der Waals surface area contributed by atoms with Gasteiger partial charge in [-0.3, -0.25) is 4.79 Å². The number of carbonyl (C=O) groups excluding carboxylic acids is 1. The van der Waals surface area contributed by atoms with Gasteiger partial charge in [-0.2, -0.15) is 5.26 Å². The molecule has 0 rings (SSSR count).